The van der Waals surface area contributed by atoms with Crippen molar-refractivity contribution in [2.24, 2.45) is 0 Å². The molecule has 0 fully saturated rings. The predicted molar refractivity (Wildman–Crippen MR) is 266 cm³/mol. The summed E-state index contributed by atoms with van der Waals surface area (Å²) in [5.41, 5.74) is 13.1. The van der Waals surface area contributed by atoms with Crippen molar-refractivity contribution in [2.75, 3.05) is 4.90 Å². The van der Waals surface area contributed by atoms with Crippen LogP contribution < -0.4 is 4.90 Å². The van der Waals surface area contributed by atoms with Gasteiger partial charge in [0.15, 0.2) is 0 Å². The molecule has 0 bridgehead atoms. The van der Waals surface area contributed by atoms with Gasteiger partial charge in [0, 0.05) is 49.7 Å². The summed E-state index contributed by atoms with van der Waals surface area (Å²) >= 11 is 0. The maximum Gasteiger partial charge on any atom is 0.143 e. The number of fused-ring (bicyclic) bond motifs is 11. The summed E-state index contributed by atoms with van der Waals surface area (Å²) in [5.74, 6) is 0. The second-order valence-corrected chi connectivity index (χ2v) is 16.5. The molecular weight excluding hydrogens is 765 g/mol. The fraction of sp³-hybridized carbons (Fsp3) is 0. The van der Waals surface area contributed by atoms with Crippen molar-refractivity contribution in [1.82, 2.24) is 4.57 Å². The van der Waals surface area contributed by atoms with E-state index in [2.05, 4.69) is 240 Å². The first kappa shape index (κ1) is 35.4. The van der Waals surface area contributed by atoms with Crippen molar-refractivity contribution in [3.05, 3.63) is 231 Å². The van der Waals surface area contributed by atoms with E-state index in [-0.39, 0.29) is 0 Å². The number of rotatable bonds is 6. The molecule has 63 heavy (non-hydrogen) atoms. The van der Waals surface area contributed by atoms with Gasteiger partial charge < -0.3 is 13.9 Å². The molecule has 0 atom stereocenters. The molecule has 2 heterocycles. The molecule has 0 unspecified atom stereocenters. The number of aromatic nitrogens is 1. The standard InChI is InChI=1S/C60H38N2O/c1-4-21-49-39(14-1)32-35-54-59-48(26-13-29-58(59)63-60(49)54)41-16-11-17-44(36-41)61(45-18-12-19-46(38-45)62-56-27-9-7-24-52(56)53-25-8-10-28-57(53)62)43-33-30-40(31-34-43)55-37-42-15-2-3-20-47(42)50-22-5-6-23-51(50)55/h1-38H. The molecule has 11 aromatic carbocycles. The van der Waals surface area contributed by atoms with Crippen molar-refractivity contribution in [3.8, 4) is 27.9 Å². The summed E-state index contributed by atoms with van der Waals surface area (Å²) in [7, 11) is 0. The Morgan fingerprint density at radius 3 is 1.73 bits per heavy atom. The lowest BCUT2D eigenvalue weighted by Crippen LogP contribution is -2.10. The van der Waals surface area contributed by atoms with E-state index < -0.39 is 0 Å². The number of hydrogen-bond acceptors (Lipinski definition) is 2. The zero-order valence-corrected chi connectivity index (χ0v) is 34.2. The Hall–Kier alpha value is -8.40. The van der Waals surface area contributed by atoms with E-state index in [1.807, 2.05) is 0 Å². The molecule has 2 aromatic heterocycles. The number of furan rings is 1. The van der Waals surface area contributed by atoms with Crippen LogP contribution in [0.3, 0.4) is 0 Å². The van der Waals surface area contributed by atoms with Crippen LogP contribution in [0.25, 0.3) is 104 Å². The van der Waals surface area contributed by atoms with Crippen LogP contribution in [0, 0.1) is 0 Å². The molecule has 13 aromatic rings. The summed E-state index contributed by atoms with van der Waals surface area (Å²) in [6.07, 6.45) is 0. The van der Waals surface area contributed by atoms with Gasteiger partial charge in [-0.05, 0) is 122 Å². The molecule has 0 spiro atoms. The van der Waals surface area contributed by atoms with Gasteiger partial charge in [0.2, 0.25) is 0 Å². The second-order valence-electron chi connectivity index (χ2n) is 16.5. The van der Waals surface area contributed by atoms with Crippen LogP contribution in [0.15, 0.2) is 235 Å². The molecule has 3 nitrogen and oxygen atoms in total. The summed E-state index contributed by atoms with van der Waals surface area (Å²) in [6, 6.07) is 83.5. The lowest BCUT2D eigenvalue weighted by molar-refractivity contribution is 0.673. The molecule has 0 amide bonds. The smallest absolute Gasteiger partial charge is 0.143 e. The quantitative estimate of drug-likeness (QED) is 0.156. The number of benzene rings is 11. The van der Waals surface area contributed by atoms with Gasteiger partial charge in [0.1, 0.15) is 11.2 Å². The van der Waals surface area contributed by atoms with E-state index >= 15 is 0 Å². The van der Waals surface area contributed by atoms with Crippen LogP contribution in [0.1, 0.15) is 0 Å². The highest BCUT2D eigenvalue weighted by Crippen LogP contribution is 2.44. The normalized spacial score (nSPS) is 11.8. The van der Waals surface area contributed by atoms with Crippen LogP contribution in [-0.4, -0.2) is 4.57 Å². The van der Waals surface area contributed by atoms with E-state index in [9.17, 15) is 0 Å². The molecule has 0 saturated heterocycles. The molecule has 0 N–H and O–H groups in total. The van der Waals surface area contributed by atoms with E-state index in [0.717, 1.165) is 61.2 Å². The van der Waals surface area contributed by atoms with Gasteiger partial charge >= 0.3 is 0 Å². The largest absolute Gasteiger partial charge is 0.455 e. The second kappa shape index (κ2) is 14.1. The molecule has 0 saturated carbocycles. The highest BCUT2D eigenvalue weighted by Gasteiger charge is 2.20. The van der Waals surface area contributed by atoms with Crippen LogP contribution >= 0.6 is 0 Å². The van der Waals surface area contributed by atoms with Crippen molar-refractivity contribution >= 4 is 93.1 Å². The number of para-hydroxylation sites is 2. The topological polar surface area (TPSA) is 21.3 Å². The Morgan fingerprint density at radius 2 is 0.952 bits per heavy atom. The first-order valence-electron chi connectivity index (χ1n) is 21.6. The molecule has 0 aliphatic carbocycles. The minimum Gasteiger partial charge on any atom is -0.455 e. The lowest BCUT2D eigenvalue weighted by Gasteiger charge is -2.27. The van der Waals surface area contributed by atoms with Crippen molar-refractivity contribution in [3.63, 3.8) is 0 Å². The fourth-order valence-electron chi connectivity index (χ4n) is 10.1. The molecular formula is C60H38N2O. The maximum atomic E-state index is 6.64. The Bertz CT molecular complexity index is 3870. The number of hydrogen-bond donors (Lipinski definition) is 0. The van der Waals surface area contributed by atoms with E-state index in [1.54, 1.807) is 0 Å². The van der Waals surface area contributed by atoms with Crippen LogP contribution in [0.2, 0.25) is 0 Å². The summed E-state index contributed by atoms with van der Waals surface area (Å²) < 4.78 is 9.03. The Labute approximate surface area is 363 Å². The first-order valence-corrected chi connectivity index (χ1v) is 21.6. The highest BCUT2D eigenvalue weighted by molar-refractivity contribution is 6.19. The van der Waals surface area contributed by atoms with Crippen molar-refractivity contribution < 1.29 is 4.42 Å². The Balaban J connectivity index is 0.997. The predicted octanol–water partition coefficient (Wildman–Crippen LogP) is 16.9. The summed E-state index contributed by atoms with van der Waals surface area (Å²) in [4.78, 5) is 2.39. The van der Waals surface area contributed by atoms with Crippen LogP contribution in [0.5, 0.6) is 0 Å². The molecule has 13 rings (SSSR count). The maximum absolute atomic E-state index is 6.64. The van der Waals surface area contributed by atoms with Gasteiger partial charge in [-0.2, -0.15) is 0 Å². The highest BCUT2D eigenvalue weighted by atomic mass is 16.3. The monoisotopic (exact) mass is 802 g/mol. The van der Waals surface area contributed by atoms with Crippen molar-refractivity contribution in [2.45, 2.75) is 0 Å². The van der Waals surface area contributed by atoms with E-state index in [1.165, 1.54) is 59.9 Å². The van der Waals surface area contributed by atoms with Gasteiger partial charge in [-0.1, -0.05) is 158 Å². The number of nitrogens with zero attached hydrogens (tertiary/aromatic N) is 2. The Kier molecular flexibility index (Phi) is 7.91. The molecule has 0 radical (unpaired) electrons. The summed E-state index contributed by atoms with van der Waals surface area (Å²) in [6.45, 7) is 0. The van der Waals surface area contributed by atoms with Gasteiger partial charge in [-0.25, -0.2) is 0 Å². The molecule has 0 aliphatic heterocycles. The average Bonchev–Trinajstić information content (AvgIpc) is 3.91. The summed E-state index contributed by atoms with van der Waals surface area (Å²) in [5, 5.41) is 12.1. The minimum absolute atomic E-state index is 0.886. The zero-order chi connectivity index (χ0) is 41.4. The molecule has 0 aliphatic rings. The fourth-order valence-corrected chi connectivity index (χ4v) is 10.1. The third-order valence-electron chi connectivity index (χ3n) is 12.9. The van der Waals surface area contributed by atoms with Crippen molar-refractivity contribution in [1.29, 1.82) is 0 Å². The van der Waals surface area contributed by atoms with Gasteiger partial charge in [-0.15, -0.1) is 0 Å². The van der Waals surface area contributed by atoms with E-state index in [0.29, 0.717) is 0 Å². The van der Waals surface area contributed by atoms with E-state index in [4.69, 9.17) is 4.42 Å². The SMILES string of the molecule is c1cc(-c2cccc3oc4c5ccccc5ccc4c23)cc(N(c2ccc(-c3cc4ccccc4c4ccccc34)cc2)c2cccc(-n3c4ccccc4c4ccccc43)c2)c1. The van der Waals surface area contributed by atoms with Gasteiger partial charge in [0.05, 0.1) is 11.0 Å². The van der Waals surface area contributed by atoms with Crippen LogP contribution in [-0.2, 0) is 0 Å². The lowest BCUT2D eigenvalue weighted by atomic mass is 9.93. The minimum atomic E-state index is 0.886. The van der Waals surface area contributed by atoms with Gasteiger partial charge in [0.25, 0.3) is 0 Å². The third kappa shape index (κ3) is 5.60. The molecule has 294 valence electrons. The van der Waals surface area contributed by atoms with Crippen LogP contribution in [0.4, 0.5) is 17.1 Å². The number of anilines is 3. The zero-order valence-electron chi connectivity index (χ0n) is 34.2. The molecule has 3 heteroatoms. The van der Waals surface area contributed by atoms with Gasteiger partial charge in [-0.3, -0.25) is 0 Å². The average molecular weight is 803 g/mol. The third-order valence-corrected chi connectivity index (χ3v) is 12.9. The Morgan fingerprint density at radius 1 is 0.333 bits per heavy atom. The first-order chi connectivity index (χ1) is 31.2.